The molecule has 4 bridgehead atoms. The Labute approximate surface area is 141 Å². The maximum atomic E-state index is 11.7. The number of aromatic nitrogens is 2. The third-order valence-corrected chi connectivity index (χ3v) is 6.49. The molecular weight excluding hydrogens is 310 g/mol. The molecule has 4 fully saturated rings. The normalized spacial score (nSPS) is 35.0. The second-order valence-corrected chi connectivity index (χ2v) is 9.01. The zero-order valence-corrected chi connectivity index (χ0v) is 14.7. The van der Waals surface area contributed by atoms with Gasteiger partial charge in [-0.05, 0) is 70.1 Å². The van der Waals surface area contributed by atoms with E-state index in [1.807, 2.05) is 13.8 Å². The molecule has 0 aliphatic heterocycles. The molecule has 0 radical (unpaired) electrons. The fourth-order valence-electron chi connectivity index (χ4n) is 5.35. The summed E-state index contributed by atoms with van der Waals surface area (Å²) in [6, 6.07) is 0.161. The van der Waals surface area contributed by atoms with E-state index >= 15 is 0 Å². The molecule has 126 valence electrons. The van der Waals surface area contributed by atoms with Crippen LogP contribution in [0.15, 0.2) is 9.64 Å². The summed E-state index contributed by atoms with van der Waals surface area (Å²) >= 11 is 1.34. The Bertz CT molecular complexity index is 563. The zero-order valence-electron chi connectivity index (χ0n) is 13.9. The van der Waals surface area contributed by atoms with Crippen LogP contribution in [0.1, 0.15) is 58.3 Å². The summed E-state index contributed by atoms with van der Waals surface area (Å²) in [5.74, 6) is 3.77. The van der Waals surface area contributed by atoms with Gasteiger partial charge in [0.2, 0.25) is 11.8 Å². The minimum absolute atomic E-state index is 0.0135. The average Bonchev–Trinajstić information content (AvgIpc) is 2.92. The standard InChI is InChI=1S/C17H25N3O2S/c1-10(2)18-14(21)9-23-16-20-19-15(22-16)17-6-11-3-12(7-17)5-13(4-11)8-17/h10-13H,3-9H2,1-2H3,(H,18,21). The largest absolute Gasteiger partial charge is 0.415 e. The molecule has 0 atom stereocenters. The van der Waals surface area contributed by atoms with Crippen molar-refractivity contribution in [3.63, 3.8) is 0 Å². The Morgan fingerprint density at radius 3 is 2.39 bits per heavy atom. The second kappa shape index (κ2) is 5.80. The summed E-state index contributed by atoms with van der Waals surface area (Å²) in [6.07, 6.45) is 7.89. The fourth-order valence-corrected chi connectivity index (χ4v) is 5.92. The van der Waals surface area contributed by atoms with Gasteiger partial charge in [-0.3, -0.25) is 4.79 Å². The molecule has 1 aromatic heterocycles. The van der Waals surface area contributed by atoms with Crippen molar-refractivity contribution in [2.75, 3.05) is 5.75 Å². The quantitative estimate of drug-likeness (QED) is 0.837. The van der Waals surface area contributed by atoms with Gasteiger partial charge in [-0.25, -0.2) is 0 Å². The number of amides is 1. The molecule has 4 aliphatic rings. The third-order valence-electron chi connectivity index (χ3n) is 5.67. The highest BCUT2D eigenvalue weighted by Gasteiger charge is 2.54. The summed E-state index contributed by atoms with van der Waals surface area (Å²) in [6.45, 7) is 3.92. The first-order valence-corrected chi connectivity index (χ1v) is 9.77. The Kier molecular flexibility index (Phi) is 3.90. The van der Waals surface area contributed by atoms with E-state index < -0.39 is 0 Å². The van der Waals surface area contributed by atoms with Gasteiger partial charge >= 0.3 is 0 Å². The van der Waals surface area contributed by atoms with Crippen molar-refractivity contribution in [2.45, 2.75) is 69.1 Å². The van der Waals surface area contributed by atoms with Crippen LogP contribution < -0.4 is 5.32 Å². The lowest BCUT2D eigenvalue weighted by molar-refractivity contribution is -0.119. The third kappa shape index (κ3) is 3.02. The molecule has 5 nitrogen and oxygen atoms in total. The average molecular weight is 335 g/mol. The Morgan fingerprint density at radius 1 is 1.22 bits per heavy atom. The van der Waals surface area contributed by atoms with Crippen LogP contribution in [-0.2, 0) is 10.2 Å². The highest BCUT2D eigenvalue weighted by atomic mass is 32.2. The molecule has 5 rings (SSSR count). The smallest absolute Gasteiger partial charge is 0.277 e. The van der Waals surface area contributed by atoms with Crippen molar-refractivity contribution in [2.24, 2.45) is 17.8 Å². The highest BCUT2D eigenvalue weighted by Crippen LogP contribution is 2.60. The van der Waals surface area contributed by atoms with Gasteiger partial charge in [0.05, 0.1) is 5.75 Å². The molecule has 23 heavy (non-hydrogen) atoms. The second-order valence-electron chi connectivity index (χ2n) is 8.08. The van der Waals surface area contributed by atoms with Gasteiger partial charge in [-0.2, -0.15) is 0 Å². The number of nitrogens with one attached hydrogen (secondary N) is 1. The maximum Gasteiger partial charge on any atom is 0.277 e. The first-order chi connectivity index (χ1) is 11.0. The zero-order chi connectivity index (χ0) is 16.0. The molecule has 0 aromatic carbocycles. The lowest BCUT2D eigenvalue weighted by atomic mass is 9.49. The van der Waals surface area contributed by atoms with Crippen LogP contribution in [0.2, 0.25) is 0 Å². The van der Waals surface area contributed by atoms with E-state index in [1.165, 1.54) is 50.3 Å². The molecule has 1 aromatic rings. The molecule has 0 unspecified atom stereocenters. The Hall–Kier alpha value is -1.04. The van der Waals surface area contributed by atoms with Crippen LogP contribution in [0.4, 0.5) is 0 Å². The van der Waals surface area contributed by atoms with Gasteiger partial charge in [0.25, 0.3) is 5.22 Å². The van der Waals surface area contributed by atoms with Gasteiger partial charge in [0.15, 0.2) is 0 Å². The minimum Gasteiger partial charge on any atom is -0.415 e. The predicted octanol–water partition coefficient (Wildman–Crippen LogP) is 3.15. The lowest BCUT2D eigenvalue weighted by Crippen LogP contribution is -2.48. The van der Waals surface area contributed by atoms with Crippen molar-refractivity contribution < 1.29 is 9.21 Å². The molecule has 0 spiro atoms. The summed E-state index contributed by atoms with van der Waals surface area (Å²) in [4.78, 5) is 11.7. The summed E-state index contributed by atoms with van der Waals surface area (Å²) in [5, 5.41) is 12.0. The predicted molar refractivity (Wildman–Crippen MR) is 88.2 cm³/mol. The van der Waals surface area contributed by atoms with E-state index in [9.17, 15) is 4.79 Å². The fraction of sp³-hybridized carbons (Fsp3) is 0.824. The molecule has 4 saturated carbocycles. The van der Waals surface area contributed by atoms with Crippen LogP contribution in [-0.4, -0.2) is 27.9 Å². The number of rotatable bonds is 5. The van der Waals surface area contributed by atoms with E-state index in [0.29, 0.717) is 11.0 Å². The SMILES string of the molecule is CC(C)NC(=O)CSc1nnc(C23CC4CC(CC(C4)C2)C3)o1. The van der Waals surface area contributed by atoms with E-state index in [4.69, 9.17) is 4.42 Å². The number of nitrogens with zero attached hydrogens (tertiary/aromatic N) is 2. The van der Waals surface area contributed by atoms with E-state index in [0.717, 1.165) is 23.6 Å². The number of thioether (sulfide) groups is 1. The molecule has 6 heteroatoms. The van der Waals surface area contributed by atoms with Crippen LogP contribution >= 0.6 is 11.8 Å². The molecule has 1 heterocycles. The number of hydrogen-bond donors (Lipinski definition) is 1. The van der Waals surface area contributed by atoms with Crippen molar-refractivity contribution in [3.8, 4) is 0 Å². The first kappa shape index (κ1) is 15.5. The van der Waals surface area contributed by atoms with Gasteiger partial charge in [0, 0.05) is 11.5 Å². The van der Waals surface area contributed by atoms with E-state index in [1.54, 1.807) is 0 Å². The summed E-state index contributed by atoms with van der Waals surface area (Å²) in [5.41, 5.74) is 0.140. The minimum atomic E-state index is 0.0135. The molecule has 4 aliphatic carbocycles. The first-order valence-electron chi connectivity index (χ1n) is 8.78. The van der Waals surface area contributed by atoms with Crippen molar-refractivity contribution in [3.05, 3.63) is 5.89 Å². The summed E-state index contributed by atoms with van der Waals surface area (Å²) in [7, 11) is 0. The topological polar surface area (TPSA) is 68.0 Å². The lowest BCUT2D eigenvalue weighted by Gasteiger charge is -2.55. The highest BCUT2D eigenvalue weighted by molar-refractivity contribution is 7.99. The number of hydrogen-bond acceptors (Lipinski definition) is 5. The van der Waals surface area contributed by atoms with Crippen molar-refractivity contribution >= 4 is 17.7 Å². The molecular formula is C17H25N3O2S. The van der Waals surface area contributed by atoms with Crippen molar-refractivity contribution in [1.82, 2.24) is 15.5 Å². The number of carbonyl (C=O) groups is 1. The van der Waals surface area contributed by atoms with Crippen LogP contribution in [0.3, 0.4) is 0 Å². The summed E-state index contributed by atoms with van der Waals surface area (Å²) < 4.78 is 5.98. The van der Waals surface area contributed by atoms with Gasteiger partial charge < -0.3 is 9.73 Å². The number of carbonyl (C=O) groups excluding carboxylic acids is 1. The van der Waals surface area contributed by atoms with Crippen LogP contribution in [0, 0.1) is 17.8 Å². The van der Waals surface area contributed by atoms with Crippen LogP contribution in [0.25, 0.3) is 0 Å². The van der Waals surface area contributed by atoms with Crippen LogP contribution in [0.5, 0.6) is 0 Å². The monoisotopic (exact) mass is 335 g/mol. The Morgan fingerprint density at radius 2 is 1.83 bits per heavy atom. The molecule has 0 saturated heterocycles. The van der Waals surface area contributed by atoms with Gasteiger partial charge in [-0.1, -0.05) is 11.8 Å². The Balaban J connectivity index is 1.43. The van der Waals surface area contributed by atoms with Gasteiger partial charge in [0.1, 0.15) is 0 Å². The van der Waals surface area contributed by atoms with Gasteiger partial charge in [-0.15, -0.1) is 10.2 Å². The van der Waals surface area contributed by atoms with E-state index in [-0.39, 0.29) is 17.4 Å². The van der Waals surface area contributed by atoms with E-state index in [2.05, 4.69) is 15.5 Å². The maximum absolute atomic E-state index is 11.7. The molecule has 1 amide bonds. The van der Waals surface area contributed by atoms with Crippen molar-refractivity contribution in [1.29, 1.82) is 0 Å². The molecule has 1 N–H and O–H groups in total.